The zero-order chi connectivity index (χ0) is 42.2. The average Bonchev–Trinajstić information content (AvgIpc) is 3.64. The van der Waals surface area contributed by atoms with Gasteiger partial charge in [0.1, 0.15) is 35.7 Å². The smallest absolute Gasteiger partial charge is 0.330 e. The van der Waals surface area contributed by atoms with Gasteiger partial charge in [0, 0.05) is 44.1 Å². The lowest BCUT2D eigenvalue weighted by atomic mass is 9.64. The number of ether oxygens (including phenoxy) is 4. The number of carbonyl (C=O) groups excluding carboxylic acids is 2. The molecule has 6 atom stereocenters. The van der Waals surface area contributed by atoms with E-state index < -0.39 is 102 Å². The Kier molecular flexibility index (Phi) is 14.9. The molecule has 312 valence electrons. The first-order valence-corrected chi connectivity index (χ1v) is 20.9. The number of hydrogen-bond acceptors (Lipinski definition) is 15. The Morgan fingerprint density at radius 3 is 2.02 bits per heavy atom. The molecular weight excluding hydrogens is 797 g/mol. The Morgan fingerprint density at radius 1 is 0.931 bits per heavy atom. The van der Waals surface area contributed by atoms with E-state index in [1.54, 1.807) is 78.9 Å². The number of nitrogens with zero attached hydrogens (tertiary/aromatic N) is 1. The predicted molar refractivity (Wildman–Crippen MR) is 211 cm³/mol. The highest BCUT2D eigenvalue weighted by molar-refractivity contribution is 8.06. The second kappa shape index (κ2) is 19.4. The van der Waals surface area contributed by atoms with E-state index in [0.29, 0.717) is 28.2 Å². The molecule has 0 spiro atoms. The van der Waals surface area contributed by atoms with Gasteiger partial charge in [-0.05, 0) is 47.9 Å². The van der Waals surface area contributed by atoms with Crippen LogP contribution in [0.1, 0.15) is 54.2 Å². The van der Waals surface area contributed by atoms with Gasteiger partial charge in [-0.2, -0.15) is 0 Å². The summed E-state index contributed by atoms with van der Waals surface area (Å²) in [5.41, 5.74) is 2.67. The minimum absolute atomic E-state index is 0.144. The second-order valence-electron chi connectivity index (χ2n) is 13.4. The molecule has 1 fully saturated rings. The van der Waals surface area contributed by atoms with E-state index in [2.05, 4.69) is 4.98 Å². The van der Waals surface area contributed by atoms with Crippen molar-refractivity contribution in [3.8, 4) is 11.5 Å². The number of aryl methyl sites for hydroxylation is 1. The molecule has 3 aromatic carbocycles. The van der Waals surface area contributed by atoms with Crippen molar-refractivity contribution < 1.29 is 56.6 Å². The fraction of sp³-hybridized carbons (Fsp3) is 0.385. The third-order valence-electron chi connectivity index (χ3n) is 9.97. The second-order valence-corrected chi connectivity index (χ2v) is 16.3. The molecule has 1 aliphatic rings. The summed E-state index contributed by atoms with van der Waals surface area (Å²) >= 11 is 0. The lowest BCUT2D eigenvalue weighted by Gasteiger charge is -2.45. The number of Topliss-reactive ketones (excluding diaryl/α,β-unsaturated/α-hetero) is 1. The standard InChI is InChI=1S/C39H46N3O14PS/c1-24-22-42(38(48)41-37(24)47)32-21-31(54-34(23-44)58(50,51)33(46)18-13-28(45)19-20-43)35(55-32)36(56-57(40)49)39(25-7-5-4-6-8-25,26-9-14-29(52-2)15-10-26)27-11-16-30(53-3)17-12-27/h4-12,14-17,22,31-32,34-36,43-44,49H,13,18-21,23,40H2,1-3H3,(H,41,47,48)/t31-,32+,34?,35-,36?,57?/m0/s1. The summed E-state index contributed by atoms with van der Waals surface area (Å²) in [5.74, 6) is 0.468. The van der Waals surface area contributed by atoms with Crippen LogP contribution in [0.3, 0.4) is 0 Å². The topological polar surface area (TPSA) is 256 Å². The van der Waals surface area contributed by atoms with Crippen LogP contribution in [0.5, 0.6) is 11.5 Å². The van der Waals surface area contributed by atoms with Crippen LogP contribution in [0.15, 0.2) is 94.6 Å². The van der Waals surface area contributed by atoms with Gasteiger partial charge in [0.05, 0.1) is 32.3 Å². The number of nitrogens with two attached hydrogens (primary N) is 1. The zero-order valence-electron chi connectivity index (χ0n) is 31.9. The van der Waals surface area contributed by atoms with Crippen LogP contribution < -0.4 is 26.2 Å². The molecular formula is C39H46N3O14PS. The van der Waals surface area contributed by atoms with E-state index in [0.717, 1.165) is 4.57 Å². The van der Waals surface area contributed by atoms with Gasteiger partial charge in [-0.3, -0.25) is 29.4 Å². The lowest BCUT2D eigenvalue weighted by Crippen LogP contribution is -2.54. The number of H-pyrrole nitrogens is 1. The number of aliphatic hydroxyl groups excluding tert-OH is 2. The average molecular weight is 844 g/mol. The number of methoxy groups -OCH3 is 2. The summed E-state index contributed by atoms with van der Waals surface area (Å²) in [6, 6.07) is 22.8. The molecule has 17 nitrogen and oxygen atoms in total. The van der Waals surface area contributed by atoms with Gasteiger partial charge >= 0.3 is 5.69 Å². The number of ketones is 1. The third kappa shape index (κ3) is 9.47. The quantitative estimate of drug-likeness (QED) is 0.0670. The highest BCUT2D eigenvalue weighted by Gasteiger charge is 2.56. The molecule has 5 rings (SSSR count). The Balaban J connectivity index is 1.76. The first-order chi connectivity index (χ1) is 27.7. The number of benzene rings is 3. The normalized spacial score (nSPS) is 18.6. The van der Waals surface area contributed by atoms with Crippen molar-refractivity contribution in [2.45, 2.75) is 68.0 Å². The molecule has 0 saturated carbocycles. The Hall–Kier alpha value is -4.62. The predicted octanol–water partition coefficient (Wildman–Crippen LogP) is 2.12. The maximum absolute atomic E-state index is 13.7. The van der Waals surface area contributed by atoms with E-state index in [4.69, 9.17) is 34.1 Å². The van der Waals surface area contributed by atoms with Gasteiger partial charge in [0.15, 0.2) is 5.44 Å². The van der Waals surface area contributed by atoms with Gasteiger partial charge in [-0.1, -0.05) is 54.6 Å². The van der Waals surface area contributed by atoms with Crippen molar-refractivity contribution in [2.75, 3.05) is 27.4 Å². The summed E-state index contributed by atoms with van der Waals surface area (Å²) in [6.07, 6.45) is -6.19. The van der Waals surface area contributed by atoms with Gasteiger partial charge in [-0.15, -0.1) is 0 Å². The number of aromatic nitrogens is 2. The SMILES string of the molecule is COc1ccc(C(c2ccccc2)(c2ccc(OC)cc2)C(OP(N)O)[C@H]2O[C@@H](n3cc(C)c(=O)[nH]c3=O)C[C@@H]2OC(CO)S(=O)(=O)C(=O)CCC(=O)CCO)cc1. The molecule has 0 radical (unpaired) electrons. The number of sulfone groups is 1. The molecule has 1 aromatic heterocycles. The van der Waals surface area contributed by atoms with Crippen molar-refractivity contribution in [1.82, 2.24) is 9.55 Å². The first-order valence-electron chi connectivity index (χ1n) is 18.1. The van der Waals surface area contributed by atoms with E-state index in [1.165, 1.54) is 27.3 Å². The summed E-state index contributed by atoms with van der Waals surface area (Å²) in [4.78, 5) is 64.0. The van der Waals surface area contributed by atoms with Crippen molar-refractivity contribution in [2.24, 2.45) is 5.50 Å². The molecule has 2 heterocycles. The third-order valence-corrected chi connectivity index (χ3v) is 12.2. The van der Waals surface area contributed by atoms with Crippen LogP contribution in [-0.2, 0) is 38.8 Å². The monoisotopic (exact) mass is 843 g/mol. The molecule has 3 unspecified atom stereocenters. The molecule has 4 aromatic rings. The van der Waals surface area contributed by atoms with Crippen LogP contribution in [0.4, 0.5) is 0 Å². The Labute approximate surface area is 335 Å². The van der Waals surface area contributed by atoms with E-state index in [9.17, 15) is 37.6 Å². The Bertz CT molecular complexity index is 2200. The molecule has 19 heteroatoms. The molecule has 0 bridgehead atoms. The van der Waals surface area contributed by atoms with Crippen LogP contribution in [0, 0.1) is 6.92 Å². The summed E-state index contributed by atoms with van der Waals surface area (Å²) < 4.78 is 58.6. The van der Waals surface area contributed by atoms with Gasteiger partial charge in [0.2, 0.25) is 15.0 Å². The fourth-order valence-corrected chi connectivity index (χ4v) is 8.80. The number of rotatable bonds is 19. The van der Waals surface area contributed by atoms with Gasteiger partial charge < -0.3 is 38.6 Å². The number of nitrogens with one attached hydrogen (secondary N) is 1. The number of aliphatic hydroxyl groups is 2. The highest BCUT2D eigenvalue weighted by atomic mass is 32.2. The number of hydrogen-bond donors (Lipinski definition) is 5. The minimum atomic E-state index is -4.97. The van der Waals surface area contributed by atoms with E-state index in [1.807, 2.05) is 0 Å². The molecule has 0 aliphatic carbocycles. The molecule has 1 aliphatic heterocycles. The van der Waals surface area contributed by atoms with Crippen molar-refractivity contribution >= 4 is 29.3 Å². The minimum Gasteiger partial charge on any atom is -0.497 e. The molecule has 58 heavy (non-hydrogen) atoms. The fourth-order valence-electron chi connectivity index (χ4n) is 7.13. The molecule has 0 amide bonds. The maximum atomic E-state index is 13.7. The first kappa shape index (κ1) is 44.5. The van der Waals surface area contributed by atoms with Crippen molar-refractivity contribution in [3.63, 3.8) is 0 Å². The highest BCUT2D eigenvalue weighted by Crippen LogP contribution is 2.51. The molecule has 1 saturated heterocycles. The van der Waals surface area contributed by atoms with Gasteiger partial charge in [-0.25, -0.2) is 13.2 Å². The zero-order valence-corrected chi connectivity index (χ0v) is 33.6. The molecule has 6 N–H and O–H groups in total. The Morgan fingerprint density at radius 2 is 1.50 bits per heavy atom. The van der Waals surface area contributed by atoms with E-state index in [-0.39, 0.29) is 18.4 Å². The number of carbonyl (C=O) groups is 2. The van der Waals surface area contributed by atoms with Crippen molar-refractivity contribution in [1.29, 1.82) is 0 Å². The van der Waals surface area contributed by atoms with E-state index >= 15 is 0 Å². The van der Waals surface area contributed by atoms with Crippen LogP contribution in [0.25, 0.3) is 0 Å². The summed E-state index contributed by atoms with van der Waals surface area (Å²) in [5, 5.41) is 18.2. The van der Waals surface area contributed by atoms with Crippen LogP contribution in [0.2, 0.25) is 0 Å². The van der Waals surface area contributed by atoms with Crippen LogP contribution in [-0.4, -0.2) is 95.2 Å². The maximum Gasteiger partial charge on any atom is 0.330 e. The summed E-state index contributed by atoms with van der Waals surface area (Å²) in [6.45, 7) is -0.225. The number of aromatic amines is 1. The van der Waals surface area contributed by atoms with Crippen LogP contribution >= 0.6 is 8.53 Å². The largest absolute Gasteiger partial charge is 0.497 e. The van der Waals surface area contributed by atoms with Gasteiger partial charge in [0.25, 0.3) is 14.1 Å². The van der Waals surface area contributed by atoms with Crippen molar-refractivity contribution in [3.05, 3.63) is 128 Å². The summed E-state index contributed by atoms with van der Waals surface area (Å²) in [7, 11) is -4.72. The lowest BCUT2D eigenvalue weighted by molar-refractivity contribution is -0.122.